The van der Waals surface area contributed by atoms with Crippen molar-refractivity contribution >= 4 is 6.03 Å². The number of morpholine rings is 1. The van der Waals surface area contributed by atoms with Gasteiger partial charge in [0.1, 0.15) is 23.4 Å². The highest BCUT2D eigenvalue weighted by Crippen LogP contribution is 2.23. The van der Waals surface area contributed by atoms with Gasteiger partial charge in [0.05, 0.1) is 25.5 Å². The molecule has 2 aromatic rings. The number of hydrogen-bond donors (Lipinski definition) is 2. The molecule has 0 saturated carbocycles. The number of ether oxygens (including phenoxy) is 1. The normalized spacial score (nSPS) is 19.0. The van der Waals surface area contributed by atoms with E-state index < -0.39 is 6.10 Å². The number of hydrogen-bond acceptors (Lipinski definition) is 5. The van der Waals surface area contributed by atoms with Crippen LogP contribution in [0.1, 0.15) is 35.4 Å². The molecule has 2 amide bonds. The summed E-state index contributed by atoms with van der Waals surface area (Å²) in [7, 11) is 0. The second-order valence-corrected chi connectivity index (χ2v) is 6.29. The number of carbonyl (C=O) groups excluding carboxylic acids is 1. The van der Waals surface area contributed by atoms with Crippen LogP contribution in [-0.2, 0) is 11.3 Å². The van der Waals surface area contributed by atoms with Crippen molar-refractivity contribution in [2.75, 3.05) is 19.8 Å². The SMILES string of the molecule is Cc1cc(CNC(=O)N2CCOCC2CC(O)c2ccco2)c(C)o1. The first-order valence-corrected chi connectivity index (χ1v) is 8.44. The molecular formula is C18H24N2O5. The number of amides is 2. The molecular weight excluding hydrogens is 324 g/mol. The minimum Gasteiger partial charge on any atom is -0.467 e. The van der Waals surface area contributed by atoms with Gasteiger partial charge in [-0.15, -0.1) is 0 Å². The summed E-state index contributed by atoms with van der Waals surface area (Å²) in [6.07, 6.45) is 1.12. The van der Waals surface area contributed by atoms with Crippen LogP contribution in [0.25, 0.3) is 0 Å². The lowest BCUT2D eigenvalue weighted by atomic mass is 10.1. The Labute approximate surface area is 146 Å². The fraction of sp³-hybridized carbons (Fsp3) is 0.500. The standard InChI is InChI=1S/C18H24N2O5/c1-12-8-14(13(2)25-12)10-19-18(22)20-5-7-23-11-15(20)9-16(21)17-4-3-6-24-17/h3-4,6,8,15-16,21H,5,7,9-11H2,1-2H3,(H,19,22). The molecule has 0 radical (unpaired) electrons. The van der Waals surface area contributed by atoms with Crippen LogP contribution in [-0.4, -0.2) is 41.8 Å². The number of aliphatic hydroxyl groups is 1. The van der Waals surface area contributed by atoms with E-state index >= 15 is 0 Å². The summed E-state index contributed by atoms with van der Waals surface area (Å²) >= 11 is 0. The van der Waals surface area contributed by atoms with Gasteiger partial charge in [0.25, 0.3) is 0 Å². The predicted molar refractivity (Wildman–Crippen MR) is 90.0 cm³/mol. The quantitative estimate of drug-likeness (QED) is 0.867. The molecule has 25 heavy (non-hydrogen) atoms. The zero-order valence-electron chi connectivity index (χ0n) is 14.5. The van der Waals surface area contributed by atoms with Crippen molar-refractivity contribution < 1.29 is 23.5 Å². The summed E-state index contributed by atoms with van der Waals surface area (Å²) in [5.41, 5.74) is 0.964. The van der Waals surface area contributed by atoms with E-state index in [0.29, 0.717) is 38.5 Å². The lowest BCUT2D eigenvalue weighted by Crippen LogP contribution is -2.52. The molecule has 1 saturated heterocycles. The van der Waals surface area contributed by atoms with Gasteiger partial charge in [0.15, 0.2) is 0 Å². The number of nitrogens with one attached hydrogen (secondary N) is 1. The van der Waals surface area contributed by atoms with Crippen molar-refractivity contribution in [3.8, 4) is 0 Å². The predicted octanol–water partition coefficient (Wildman–Crippen LogP) is 2.52. The Hall–Kier alpha value is -2.25. The third-order valence-corrected chi connectivity index (χ3v) is 4.43. The van der Waals surface area contributed by atoms with Gasteiger partial charge in [-0.2, -0.15) is 0 Å². The zero-order valence-corrected chi connectivity index (χ0v) is 14.5. The van der Waals surface area contributed by atoms with Crippen molar-refractivity contribution in [1.29, 1.82) is 0 Å². The van der Waals surface area contributed by atoms with Gasteiger partial charge in [-0.05, 0) is 32.0 Å². The second kappa shape index (κ2) is 7.76. The van der Waals surface area contributed by atoms with Crippen molar-refractivity contribution in [3.05, 3.63) is 47.3 Å². The maximum Gasteiger partial charge on any atom is 0.318 e. The molecule has 136 valence electrons. The molecule has 3 rings (SSSR count). The van der Waals surface area contributed by atoms with Crippen LogP contribution >= 0.6 is 0 Å². The number of rotatable bonds is 5. The van der Waals surface area contributed by atoms with Crippen LogP contribution in [0.5, 0.6) is 0 Å². The van der Waals surface area contributed by atoms with Crippen LogP contribution < -0.4 is 5.32 Å². The smallest absolute Gasteiger partial charge is 0.318 e. The summed E-state index contributed by atoms with van der Waals surface area (Å²) in [5.74, 6) is 2.13. The van der Waals surface area contributed by atoms with Crippen LogP contribution in [0.15, 0.2) is 33.3 Å². The molecule has 2 aromatic heterocycles. The molecule has 1 aliphatic rings. The molecule has 3 heterocycles. The molecule has 0 bridgehead atoms. The highest BCUT2D eigenvalue weighted by atomic mass is 16.5. The summed E-state index contributed by atoms with van der Waals surface area (Å²) in [6, 6.07) is 5.00. The molecule has 2 atom stereocenters. The number of urea groups is 1. The molecule has 1 aliphatic heterocycles. The third kappa shape index (κ3) is 4.24. The van der Waals surface area contributed by atoms with Gasteiger partial charge in [0.2, 0.25) is 0 Å². The first-order valence-electron chi connectivity index (χ1n) is 8.44. The summed E-state index contributed by atoms with van der Waals surface area (Å²) < 4.78 is 16.2. The topological polar surface area (TPSA) is 88.1 Å². The molecule has 0 aromatic carbocycles. The molecule has 2 N–H and O–H groups in total. The molecule has 1 fully saturated rings. The second-order valence-electron chi connectivity index (χ2n) is 6.29. The van der Waals surface area contributed by atoms with Crippen molar-refractivity contribution in [2.45, 2.75) is 39.0 Å². The Morgan fingerprint density at radius 3 is 3.00 bits per heavy atom. The summed E-state index contributed by atoms with van der Waals surface area (Å²) in [5, 5.41) is 13.2. The van der Waals surface area contributed by atoms with Crippen LogP contribution in [0.4, 0.5) is 4.79 Å². The monoisotopic (exact) mass is 348 g/mol. The first kappa shape index (κ1) is 17.6. The average Bonchev–Trinajstić information content (AvgIpc) is 3.23. The largest absolute Gasteiger partial charge is 0.467 e. The Bertz CT molecular complexity index is 694. The number of carbonyl (C=O) groups is 1. The first-order chi connectivity index (χ1) is 12.0. The van der Waals surface area contributed by atoms with Gasteiger partial charge < -0.3 is 28.9 Å². The van der Waals surface area contributed by atoms with Gasteiger partial charge in [-0.25, -0.2) is 4.79 Å². The van der Waals surface area contributed by atoms with E-state index in [4.69, 9.17) is 13.6 Å². The average molecular weight is 348 g/mol. The highest BCUT2D eigenvalue weighted by Gasteiger charge is 2.30. The maximum absolute atomic E-state index is 12.6. The highest BCUT2D eigenvalue weighted by molar-refractivity contribution is 5.74. The minimum atomic E-state index is -0.768. The number of furan rings is 2. The fourth-order valence-corrected chi connectivity index (χ4v) is 3.10. The molecule has 0 spiro atoms. The molecule has 7 heteroatoms. The lowest BCUT2D eigenvalue weighted by Gasteiger charge is -2.36. The molecule has 0 aliphatic carbocycles. The Balaban J connectivity index is 1.59. The number of nitrogens with zero attached hydrogens (tertiary/aromatic N) is 1. The van der Waals surface area contributed by atoms with Crippen molar-refractivity contribution in [2.24, 2.45) is 0 Å². The van der Waals surface area contributed by atoms with E-state index in [1.54, 1.807) is 17.0 Å². The number of aryl methyl sites for hydroxylation is 2. The van der Waals surface area contributed by atoms with E-state index in [2.05, 4.69) is 5.32 Å². The molecule has 2 unspecified atom stereocenters. The Kier molecular flexibility index (Phi) is 5.45. The Morgan fingerprint density at radius 1 is 1.48 bits per heavy atom. The maximum atomic E-state index is 12.6. The van der Waals surface area contributed by atoms with Gasteiger partial charge in [0, 0.05) is 25.1 Å². The van der Waals surface area contributed by atoms with E-state index in [1.807, 2.05) is 19.9 Å². The van der Waals surface area contributed by atoms with Crippen LogP contribution in [0, 0.1) is 13.8 Å². The third-order valence-electron chi connectivity index (χ3n) is 4.43. The van der Waals surface area contributed by atoms with Gasteiger partial charge >= 0.3 is 6.03 Å². The zero-order chi connectivity index (χ0) is 17.8. The summed E-state index contributed by atoms with van der Waals surface area (Å²) in [4.78, 5) is 14.3. The van der Waals surface area contributed by atoms with Crippen molar-refractivity contribution in [3.63, 3.8) is 0 Å². The van der Waals surface area contributed by atoms with E-state index in [-0.39, 0.29) is 12.1 Å². The van der Waals surface area contributed by atoms with E-state index in [9.17, 15) is 9.90 Å². The lowest BCUT2D eigenvalue weighted by molar-refractivity contribution is -0.00974. The minimum absolute atomic E-state index is 0.168. The molecule has 7 nitrogen and oxygen atoms in total. The number of aliphatic hydroxyl groups excluding tert-OH is 1. The van der Waals surface area contributed by atoms with E-state index in [1.165, 1.54) is 6.26 Å². The van der Waals surface area contributed by atoms with Crippen LogP contribution in [0.3, 0.4) is 0 Å². The van der Waals surface area contributed by atoms with Gasteiger partial charge in [-0.3, -0.25) is 0 Å². The fourth-order valence-electron chi connectivity index (χ4n) is 3.10. The Morgan fingerprint density at radius 2 is 2.32 bits per heavy atom. The summed E-state index contributed by atoms with van der Waals surface area (Å²) in [6.45, 7) is 5.55. The van der Waals surface area contributed by atoms with Crippen molar-refractivity contribution in [1.82, 2.24) is 10.2 Å². The van der Waals surface area contributed by atoms with E-state index in [0.717, 1.165) is 17.1 Å². The van der Waals surface area contributed by atoms with Crippen LogP contribution in [0.2, 0.25) is 0 Å². The van der Waals surface area contributed by atoms with Gasteiger partial charge in [-0.1, -0.05) is 0 Å².